The molecule has 0 saturated carbocycles. The van der Waals surface area contributed by atoms with E-state index in [4.69, 9.17) is 11.6 Å². The van der Waals surface area contributed by atoms with E-state index in [1.54, 1.807) is 12.1 Å². The topological polar surface area (TPSA) is 32.3 Å². The molecule has 0 spiro atoms. The van der Waals surface area contributed by atoms with Gasteiger partial charge in [-0.15, -0.1) is 0 Å². The summed E-state index contributed by atoms with van der Waals surface area (Å²) < 4.78 is 0.873. The van der Waals surface area contributed by atoms with E-state index in [-0.39, 0.29) is 5.91 Å². The zero-order valence-electron chi connectivity index (χ0n) is 9.38. The van der Waals surface area contributed by atoms with Crippen molar-refractivity contribution in [3.8, 4) is 0 Å². The highest BCUT2D eigenvalue weighted by molar-refractivity contribution is 9.10. The van der Waals surface area contributed by atoms with E-state index in [0.29, 0.717) is 10.6 Å². The van der Waals surface area contributed by atoms with Crippen LogP contribution in [0.25, 0.3) is 0 Å². The van der Waals surface area contributed by atoms with Crippen molar-refractivity contribution in [3.05, 3.63) is 33.3 Å². The second-order valence-electron chi connectivity index (χ2n) is 4.02. The Bertz CT molecular complexity index is 417. The summed E-state index contributed by atoms with van der Waals surface area (Å²) in [6.07, 6.45) is 0.983. The Morgan fingerprint density at radius 2 is 2.18 bits per heavy atom. The smallest absolute Gasteiger partial charge is 0.255 e. The largest absolute Gasteiger partial charge is 0.337 e. The zero-order chi connectivity index (χ0) is 12.3. The van der Waals surface area contributed by atoms with Crippen molar-refractivity contribution in [2.45, 2.75) is 6.42 Å². The molecule has 0 atom stereocenters. The summed E-state index contributed by atoms with van der Waals surface area (Å²) in [6, 6.07) is 5.36. The monoisotopic (exact) mass is 316 g/mol. The van der Waals surface area contributed by atoms with Crippen LogP contribution in [-0.4, -0.2) is 37.0 Å². The van der Waals surface area contributed by atoms with E-state index < -0.39 is 0 Å². The number of hydrogen-bond acceptors (Lipinski definition) is 2. The van der Waals surface area contributed by atoms with Crippen LogP contribution in [-0.2, 0) is 0 Å². The van der Waals surface area contributed by atoms with E-state index in [9.17, 15) is 4.79 Å². The Hall–Kier alpha value is -0.580. The highest BCUT2D eigenvalue weighted by Gasteiger charge is 2.19. The van der Waals surface area contributed by atoms with Crippen molar-refractivity contribution in [3.63, 3.8) is 0 Å². The van der Waals surface area contributed by atoms with Gasteiger partial charge in [0, 0.05) is 24.1 Å². The van der Waals surface area contributed by atoms with Crippen LogP contribution < -0.4 is 5.32 Å². The summed E-state index contributed by atoms with van der Waals surface area (Å²) in [5.41, 5.74) is 0.572. The van der Waals surface area contributed by atoms with E-state index in [2.05, 4.69) is 21.2 Å². The molecule has 1 fully saturated rings. The van der Waals surface area contributed by atoms with Crippen molar-refractivity contribution < 1.29 is 4.79 Å². The molecule has 0 radical (unpaired) electrons. The fourth-order valence-electron chi connectivity index (χ4n) is 1.88. The average molecular weight is 318 g/mol. The Morgan fingerprint density at radius 1 is 1.35 bits per heavy atom. The van der Waals surface area contributed by atoms with Gasteiger partial charge in [0.05, 0.1) is 10.6 Å². The Balaban J connectivity index is 2.20. The van der Waals surface area contributed by atoms with Gasteiger partial charge in [0.25, 0.3) is 5.91 Å². The second-order valence-corrected chi connectivity index (χ2v) is 5.34. The van der Waals surface area contributed by atoms with Crippen molar-refractivity contribution >= 4 is 33.4 Å². The third kappa shape index (κ3) is 3.21. The number of hydrogen-bond donors (Lipinski definition) is 1. The standard InChI is InChI=1S/C12H14BrClN2O/c13-9-2-3-11(14)10(8-9)12(17)16-6-1-4-15-5-7-16/h2-3,8,15H,1,4-7H2. The molecule has 0 aromatic heterocycles. The first-order valence-corrected chi connectivity index (χ1v) is 6.80. The number of rotatable bonds is 1. The van der Waals surface area contributed by atoms with Gasteiger partial charge in [0.15, 0.2) is 0 Å². The molecular weight excluding hydrogens is 304 g/mol. The fourth-order valence-corrected chi connectivity index (χ4v) is 2.44. The molecule has 1 aromatic rings. The quantitative estimate of drug-likeness (QED) is 0.863. The van der Waals surface area contributed by atoms with E-state index in [1.807, 2.05) is 11.0 Å². The summed E-state index contributed by atoms with van der Waals surface area (Å²) in [6.45, 7) is 3.34. The molecule has 3 nitrogen and oxygen atoms in total. The minimum Gasteiger partial charge on any atom is -0.337 e. The van der Waals surface area contributed by atoms with Gasteiger partial charge in [0.1, 0.15) is 0 Å². The number of benzene rings is 1. The summed E-state index contributed by atoms with van der Waals surface area (Å²) in [5, 5.41) is 3.78. The Morgan fingerprint density at radius 3 is 3.00 bits per heavy atom. The first-order valence-electron chi connectivity index (χ1n) is 5.63. The average Bonchev–Trinajstić information content (AvgIpc) is 2.60. The third-order valence-corrected chi connectivity index (χ3v) is 3.61. The van der Waals surface area contributed by atoms with Crippen LogP contribution in [0.1, 0.15) is 16.8 Å². The molecule has 1 heterocycles. The molecule has 92 valence electrons. The lowest BCUT2D eigenvalue weighted by Crippen LogP contribution is -2.34. The second kappa shape index (κ2) is 5.85. The normalized spacial score (nSPS) is 16.7. The van der Waals surface area contributed by atoms with Crippen molar-refractivity contribution in [2.24, 2.45) is 0 Å². The summed E-state index contributed by atoms with van der Waals surface area (Å²) >= 11 is 9.43. The molecule has 0 aliphatic carbocycles. The molecule has 5 heteroatoms. The van der Waals surface area contributed by atoms with Crippen molar-refractivity contribution in [1.29, 1.82) is 0 Å². The molecule has 1 N–H and O–H groups in total. The van der Waals surface area contributed by atoms with Crippen LogP contribution in [0.15, 0.2) is 22.7 Å². The van der Waals surface area contributed by atoms with Gasteiger partial charge in [-0.2, -0.15) is 0 Å². The summed E-state index contributed by atoms with van der Waals surface area (Å²) in [5.74, 6) is 0.0139. The van der Waals surface area contributed by atoms with Gasteiger partial charge in [-0.05, 0) is 31.2 Å². The van der Waals surface area contributed by atoms with Crippen LogP contribution >= 0.6 is 27.5 Å². The first-order chi connectivity index (χ1) is 8.18. The lowest BCUT2D eigenvalue weighted by atomic mass is 10.2. The number of carbonyl (C=O) groups is 1. The Labute approximate surface area is 114 Å². The summed E-state index contributed by atoms with van der Waals surface area (Å²) in [4.78, 5) is 14.2. The molecule has 1 aromatic carbocycles. The SMILES string of the molecule is O=C(c1cc(Br)ccc1Cl)N1CCCNCC1. The first kappa shape index (κ1) is 12.9. The van der Waals surface area contributed by atoms with E-state index in [1.165, 1.54) is 0 Å². The maximum absolute atomic E-state index is 12.3. The van der Waals surface area contributed by atoms with Crippen molar-refractivity contribution in [2.75, 3.05) is 26.2 Å². The molecule has 2 rings (SSSR count). The van der Waals surface area contributed by atoms with Crippen LogP contribution in [0.2, 0.25) is 5.02 Å². The zero-order valence-corrected chi connectivity index (χ0v) is 11.7. The number of halogens is 2. The van der Waals surface area contributed by atoms with Gasteiger partial charge in [-0.3, -0.25) is 4.79 Å². The maximum Gasteiger partial charge on any atom is 0.255 e. The molecular formula is C12H14BrClN2O. The molecule has 0 bridgehead atoms. The highest BCUT2D eigenvalue weighted by Crippen LogP contribution is 2.22. The lowest BCUT2D eigenvalue weighted by molar-refractivity contribution is 0.0766. The molecule has 1 amide bonds. The van der Waals surface area contributed by atoms with Crippen LogP contribution in [0.4, 0.5) is 0 Å². The Kier molecular flexibility index (Phi) is 4.42. The third-order valence-electron chi connectivity index (χ3n) is 2.79. The minimum atomic E-state index is 0.0139. The van der Waals surface area contributed by atoms with Gasteiger partial charge in [-0.1, -0.05) is 27.5 Å². The van der Waals surface area contributed by atoms with Crippen LogP contribution in [0, 0.1) is 0 Å². The van der Waals surface area contributed by atoms with Gasteiger partial charge in [-0.25, -0.2) is 0 Å². The van der Waals surface area contributed by atoms with Crippen LogP contribution in [0.5, 0.6) is 0 Å². The minimum absolute atomic E-state index is 0.0139. The van der Waals surface area contributed by atoms with Gasteiger partial charge >= 0.3 is 0 Å². The molecule has 0 unspecified atom stereocenters. The maximum atomic E-state index is 12.3. The number of carbonyl (C=O) groups excluding carboxylic acids is 1. The molecule has 1 aliphatic heterocycles. The van der Waals surface area contributed by atoms with Crippen LogP contribution in [0.3, 0.4) is 0 Å². The molecule has 17 heavy (non-hydrogen) atoms. The molecule has 1 saturated heterocycles. The number of nitrogens with zero attached hydrogens (tertiary/aromatic N) is 1. The predicted octanol–water partition coefficient (Wildman–Crippen LogP) is 2.54. The number of nitrogens with one attached hydrogen (secondary N) is 1. The van der Waals surface area contributed by atoms with Crippen molar-refractivity contribution in [1.82, 2.24) is 10.2 Å². The van der Waals surface area contributed by atoms with Gasteiger partial charge < -0.3 is 10.2 Å². The summed E-state index contributed by atoms with van der Waals surface area (Å²) in [7, 11) is 0. The lowest BCUT2D eigenvalue weighted by Gasteiger charge is -2.20. The predicted molar refractivity (Wildman–Crippen MR) is 72.5 cm³/mol. The van der Waals surface area contributed by atoms with E-state index in [0.717, 1.165) is 37.1 Å². The highest BCUT2D eigenvalue weighted by atomic mass is 79.9. The number of amides is 1. The van der Waals surface area contributed by atoms with E-state index >= 15 is 0 Å². The fraction of sp³-hybridized carbons (Fsp3) is 0.417. The molecule has 1 aliphatic rings. The van der Waals surface area contributed by atoms with Gasteiger partial charge in [0.2, 0.25) is 0 Å².